The summed E-state index contributed by atoms with van der Waals surface area (Å²) in [6.07, 6.45) is 1.76. The van der Waals surface area contributed by atoms with Crippen LogP contribution >= 0.6 is 24.0 Å². The van der Waals surface area contributed by atoms with Crippen molar-refractivity contribution in [1.82, 2.24) is 25.1 Å². The van der Waals surface area contributed by atoms with Crippen molar-refractivity contribution in [3.8, 4) is 0 Å². The lowest BCUT2D eigenvalue weighted by molar-refractivity contribution is 0.569. The Hall–Kier alpha value is -1.66. The Bertz CT molecular complexity index is 878. The number of aliphatic imine (C=N–C) groups is 1. The molecule has 10 heteroatoms. The van der Waals surface area contributed by atoms with Crippen LogP contribution in [0.2, 0.25) is 0 Å². The second-order valence-corrected chi connectivity index (χ2v) is 8.60. The number of hydrogen-bond acceptors (Lipinski definition) is 4. The molecule has 0 unspecified atom stereocenters. The van der Waals surface area contributed by atoms with E-state index in [0.717, 1.165) is 29.3 Å². The number of halogens is 1. The first kappa shape index (κ1) is 25.4. The first-order valence-electron chi connectivity index (χ1n) is 9.36. The number of aryl methyl sites for hydroxylation is 1. The van der Waals surface area contributed by atoms with Gasteiger partial charge in [0.25, 0.3) is 0 Å². The van der Waals surface area contributed by atoms with Gasteiger partial charge in [-0.15, -0.1) is 24.0 Å². The van der Waals surface area contributed by atoms with E-state index in [1.54, 1.807) is 6.20 Å². The van der Waals surface area contributed by atoms with Crippen molar-refractivity contribution in [1.29, 1.82) is 0 Å². The Balaban J connectivity index is 0.00000420. The predicted molar refractivity (Wildman–Crippen MR) is 128 cm³/mol. The second-order valence-electron chi connectivity index (χ2n) is 6.84. The molecule has 0 aliphatic rings. The summed E-state index contributed by atoms with van der Waals surface area (Å²) in [4.78, 5) is 4.59. The summed E-state index contributed by atoms with van der Waals surface area (Å²) >= 11 is 0. The number of guanidine groups is 1. The van der Waals surface area contributed by atoms with Gasteiger partial charge in [0.1, 0.15) is 0 Å². The molecule has 8 nitrogen and oxygen atoms in total. The van der Waals surface area contributed by atoms with Crippen LogP contribution in [0.5, 0.6) is 0 Å². The minimum atomic E-state index is -3.32. The summed E-state index contributed by atoms with van der Waals surface area (Å²) in [5.41, 5.74) is 2.82. The lowest BCUT2D eigenvalue weighted by atomic mass is 10.1. The van der Waals surface area contributed by atoms with E-state index >= 15 is 0 Å². The average molecular weight is 534 g/mol. The highest BCUT2D eigenvalue weighted by molar-refractivity contribution is 14.0. The van der Waals surface area contributed by atoms with Gasteiger partial charge >= 0.3 is 0 Å². The van der Waals surface area contributed by atoms with Gasteiger partial charge in [-0.05, 0) is 38.0 Å². The van der Waals surface area contributed by atoms with Crippen LogP contribution in [-0.2, 0) is 35.9 Å². The topological polar surface area (TPSA) is 100 Å². The molecule has 1 heterocycles. The van der Waals surface area contributed by atoms with E-state index in [0.29, 0.717) is 13.1 Å². The average Bonchev–Trinajstić information content (AvgIpc) is 3.02. The van der Waals surface area contributed by atoms with Crippen LogP contribution in [0.25, 0.3) is 0 Å². The molecule has 0 amide bonds. The van der Waals surface area contributed by atoms with Gasteiger partial charge in [0.15, 0.2) is 5.96 Å². The monoisotopic (exact) mass is 534 g/mol. The first-order valence-corrected chi connectivity index (χ1v) is 11.0. The van der Waals surface area contributed by atoms with Crippen LogP contribution in [0, 0.1) is 0 Å². The maximum Gasteiger partial charge on any atom is 0.216 e. The highest BCUT2D eigenvalue weighted by Gasteiger charge is 2.12. The Morgan fingerprint density at radius 2 is 1.79 bits per heavy atom. The zero-order valence-corrected chi connectivity index (χ0v) is 20.5. The number of nitrogens with zero attached hydrogens (tertiary/aromatic N) is 3. The summed E-state index contributed by atoms with van der Waals surface area (Å²) in [6, 6.07) is 9.34. The molecule has 0 fully saturated rings. The maximum absolute atomic E-state index is 12.0. The molecular formula is C19H31IN6O2S. The molecule has 0 atom stereocenters. The fourth-order valence-electron chi connectivity index (χ4n) is 2.62. The van der Waals surface area contributed by atoms with Gasteiger partial charge < -0.3 is 10.6 Å². The lowest BCUT2D eigenvalue weighted by Gasteiger charge is -2.12. The number of rotatable bonds is 9. The van der Waals surface area contributed by atoms with E-state index in [1.165, 1.54) is 0 Å². The van der Waals surface area contributed by atoms with Gasteiger partial charge in [0.2, 0.25) is 10.0 Å². The van der Waals surface area contributed by atoms with Gasteiger partial charge in [-0.2, -0.15) is 5.10 Å². The third-order valence-corrected chi connectivity index (χ3v) is 5.46. The van der Waals surface area contributed by atoms with E-state index in [2.05, 4.69) is 25.4 Å². The Morgan fingerprint density at radius 3 is 2.34 bits per heavy atom. The predicted octanol–water partition coefficient (Wildman–Crippen LogP) is 2.12. The number of sulfonamides is 1. The Labute approximate surface area is 190 Å². The zero-order chi connectivity index (χ0) is 20.6. The van der Waals surface area contributed by atoms with Crippen molar-refractivity contribution in [3.63, 3.8) is 0 Å². The summed E-state index contributed by atoms with van der Waals surface area (Å²) in [7, 11) is -1.41. The molecular weight excluding hydrogens is 503 g/mol. The molecule has 0 bridgehead atoms. The van der Waals surface area contributed by atoms with Crippen LogP contribution in [0.4, 0.5) is 0 Å². The van der Waals surface area contributed by atoms with Gasteiger partial charge in [-0.1, -0.05) is 24.3 Å². The number of benzene rings is 1. The van der Waals surface area contributed by atoms with E-state index in [1.807, 2.05) is 62.8 Å². The molecule has 2 aromatic rings. The fourth-order valence-corrected chi connectivity index (χ4v) is 4.06. The van der Waals surface area contributed by atoms with Crippen LogP contribution in [-0.4, -0.2) is 36.7 Å². The molecule has 2 rings (SSSR count). The zero-order valence-electron chi connectivity index (χ0n) is 17.3. The quantitative estimate of drug-likeness (QED) is 0.260. The SMILES string of the molecule is CCNC(=NCc1ccc(CS(=O)(=O)NC(C)C)cc1)NCc1ccnn1C.I. The van der Waals surface area contributed by atoms with Gasteiger partial charge in [-0.25, -0.2) is 18.1 Å². The number of hydrogen-bond donors (Lipinski definition) is 3. The van der Waals surface area contributed by atoms with Crippen LogP contribution in [0.15, 0.2) is 41.5 Å². The molecule has 0 saturated carbocycles. The lowest BCUT2D eigenvalue weighted by Crippen LogP contribution is -2.37. The Morgan fingerprint density at radius 1 is 1.14 bits per heavy atom. The van der Waals surface area contributed by atoms with Crippen LogP contribution in [0.1, 0.15) is 37.6 Å². The molecule has 0 spiro atoms. The first-order chi connectivity index (χ1) is 13.3. The van der Waals surface area contributed by atoms with E-state index in [-0.39, 0.29) is 35.8 Å². The molecule has 0 aliphatic heterocycles. The molecule has 162 valence electrons. The van der Waals surface area contributed by atoms with Gasteiger partial charge in [0.05, 0.1) is 24.5 Å². The maximum atomic E-state index is 12.0. The van der Waals surface area contributed by atoms with Gasteiger partial charge in [-0.3, -0.25) is 4.68 Å². The van der Waals surface area contributed by atoms with Crippen LogP contribution in [0.3, 0.4) is 0 Å². The Kier molecular flexibility index (Phi) is 10.6. The van der Waals surface area contributed by atoms with Gasteiger partial charge in [0, 0.05) is 25.8 Å². The van der Waals surface area contributed by atoms with Crippen molar-refractivity contribution in [3.05, 3.63) is 53.3 Å². The van der Waals surface area contributed by atoms with E-state index < -0.39 is 10.0 Å². The normalized spacial score (nSPS) is 12.0. The molecule has 0 aliphatic carbocycles. The largest absolute Gasteiger partial charge is 0.357 e. The van der Waals surface area contributed by atoms with Crippen molar-refractivity contribution in [2.75, 3.05) is 6.54 Å². The van der Waals surface area contributed by atoms with E-state index in [9.17, 15) is 8.42 Å². The highest BCUT2D eigenvalue weighted by Crippen LogP contribution is 2.09. The van der Waals surface area contributed by atoms with Crippen molar-refractivity contribution >= 4 is 40.0 Å². The third kappa shape index (κ3) is 9.13. The summed E-state index contributed by atoms with van der Waals surface area (Å²) in [6.45, 7) is 7.52. The standard InChI is InChI=1S/C19H30N6O2S.HI/c1-5-20-19(22-13-18-10-11-23-25(18)4)21-12-16-6-8-17(9-7-16)14-28(26,27)24-15(2)3;/h6-11,15,24H,5,12-14H2,1-4H3,(H2,20,21,22);1H. The second kappa shape index (κ2) is 12.1. The molecule has 29 heavy (non-hydrogen) atoms. The third-order valence-electron chi connectivity index (χ3n) is 3.92. The minimum absolute atomic E-state index is 0. The molecule has 0 saturated heterocycles. The summed E-state index contributed by atoms with van der Waals surface area (Å²) in [5, 5.41) is 10.7. The smallest absolute Gasteiger partial charge is 0.216 e. The molecule has 0 radical (unpaired) electrons. The fraction of sp³-hybridized carbons (Fsp3) is 0.474. The van der Waals surface area contributed by atoms with E-state index in [4.69, 9.17) is 0 Å². The van der Waals surface area contributed by atoms with Crippen molar-refractivity contribution in [2.24, 2.45) is 12.0 Å². The molecule has 3 N–H and O–H groups in total. The minimum Gasteiger partial charge on any atom is -0.357 e. The summed E-state index contributed by atoms with van der Waals surface area (Å²) in [5.74, 6) is 0.695. The number of aromatic nitrogens is 2. The molecule has 1 aromatic heterocycles. The van der Waals surface area contributed by atoms with Crippen molar-refractivity contribution < 1.29 is 8.42 Å². The van der Waals surface area contributed by atoms with Crippen LogP contribution < -0.4 is 15.4 Å². The summed E-state index contributed by atoms with van der Waals surface area (Å²) < 4.78 is 28.5. The number of nitrogens with one attached hydrogen (secondary N) is 3. The highest BCUT2D eigenvalue weighted by atomic mass is 127. The molecule has 1 aromatic carbocycles. The van der Waals surface area contributed by atoms with Crippen molar-refractivity contribution in [2.45, 2.75) is 45.7 Å².